The summed E-state index contributed by atoms with van der Waals surface area (Å²) in [6.07, 6.45) is 4.45. The van der Waals surface area contributed by atoms with Crippen LogP contribution in [0.25, 0.3) is 5.65 Å². The highest BCUT2D eigenvalue weighted by Crippen LogP contribution is 2.20. The zero-order valence-electron chi connectivity index (χ0n) is 15.3. The Hall–Kier alpha value is -3.17. The molecule has 1 amide bonds. The summed E-state index contributed by atoms with van der Waals surface area (Å²) in [4.78, 5) is 16.9. The summed E-state index contributed by atoms with van der Waals surface area (Å²) >= 11 is 1.13. The average Bonchev–Trinajstić information content (AvgIpc) is 3.38. The lowest BCUT2D eigenvalue weighted by atomic mass is 10.2. The molecule has 0 spiro atoms. The topological polar surface area (TPSA) is 92.6 Å². The number of sulfonamides is 1. The normalized spacial score (nSPS) is 11.4. The van der Waals surface area contributed by atoms with Crippen LogP contribution in [0.1, 0.15) is 16.1 Å². The second kappa shape index (κ2) is 8.06. The quantitative estimate of drug-likeness (QED) is 0.475. The fourth-order valence-corrected chi connectivity index (χ4v) is 4.90. The lowest BCUT2D eigenvalue weighted by molar-refractivity contribution is 0.0954. The van der Waals surface area contributed by atoms with Gasteiger partial charge in [-0.05, 0) is 41.8 Å². The van der Waals surface area contributed by atoms with Gasteiger partial charge < -0.3 is 9.72 Å². The number of hydrogen-bond donors (Lipinski definition) is 2. The van der Waals surface area contributed by atoms with Crippen LogP contribution in [0.5, 0.6) is 0 Å². The molecule has 148 valence electrons. The SMILES string of the molecule is O=C(NCCc1cn2ccccc2n1)c1cccc(NS(=O)(=O)c2cccs2)c1. The third kappa shape index (κ3) is 4.47. The summed E-state index contributed by atoms with van der Waals surface area (Å²) in [5.41, 5.74) is 2.46. The van der Waals surface area contributed by atoms with Gasteiger partial charge in [-0.1, -0.05) is 18.2 Å². The van der Waals surface area contributed by atoms with Gasteiger partial charge in [-0.25, -0.2) is 13.4 Å². The van der Waals surface area contributed by atoms with Gasteiger partial charge in [-0.3, -0.25) is 9.52 Å². The molecule has 2 N–H and O–H groups in total. The molecule has 1 aromatic carbocycles. The molecule has 0 aliphatic rings. The van der Waals surface area contributed by atoms with Crippen molar-refractivity contribution in [1.29, 1.82) is 0 Å². The molecular formula is C20H18N4O3S2. The number of aromatic nitrogens is 2. The van der Waals surface area contributed by atoms with Crippen LogP contribution in [0.2, 0.25) is 0 Å². The van der Waals surface area contributed by atoms with Crippen molar-refractivity contribution in [3.63, 3.8) is 0 Å². The number of fused-ring (bicyclic) bond motifs is 1. The first-order valence-electron chi connectivity index (χ1n) is 8.88. The van der Waals surface area contributed by atoms with E-state index in [1.807, 2.05) is 35.0 Å². The molecule has 0 radical (unpaired) electrons. The highest BCUT2D eigenvalue weighted by atomic mass is 32.2. The van der Waals surface area contributed by atoms with Gasteiger partial charge in [-0.2, -0.15) is 0 Å². The van der Waals surface area contributed by atoms with Crippen LogP contribution in [-0.4, -0.2) is 30.3 Å². The van der Waals surface area contributed by atoms with Crippen molar-refractivity contribution in [1.82, 2.24) is 14.7 Å². The van der Waals surface area contributed by atoms with E-state index in [9.17, 15) is 13.2 Å². The van der Waals surface area contributed by atoms with Gasteiger partial charge >= 0.3 is 0 Å². The van der Waals surface area contributed by atoms with Crippen LogP contribution in [0.15, 0.2) is 76.6 Å². The molecule has 0 unspecified atom stereocenters. The molecule has 0 atom stereocenters. The van der Waals surface area contributed by atoms with Gasteiger partial charge in [0.2, 0.25) is 0 Å². The molecule has 4 rings (SSSR count). The third-order valence-corrected chi connectivity index (χ3v) is 7.00. The molecule has 29 heavy (non-hydrogen) atoms. The van der Waals surface area contributed by atoms with Crippen molar-refractivity contribution in [3.05, 3.63) is 83.6 Å². The number of benzene rings is 1. The van der Waals surface area contributed by atoms with Crippen LogP contribution in [0.3, 0.4) is 0 Å². The Bertz CT molecular complexity index is 1210. The first-order valence-corrected chi connectivity index (χ1v) is 11.2. The number of carbonyl (C=O) groups excluding carboxylic acids is 1. The molecule has 0 fully saturated rings. The summed E-state index contributed by atoms with van der Waals surface area (Å²) in [5.74, 6) is -0.272. The summed E-state index contributed by atoms with van der Waals surface area (Å²) < 4.78 is 29.3. The standard InChI is InChI=1S/C20H18N4O3S2/c25-20(21-10-9-17-14-24-11-2-1-7-18(24)22-17)15-5-3-6-16(13-15)23-29(26,27)19-8-4-12-28-19/h1-8,11-14,23H,9-10H2,(H,21,25). The maximum atomic E-state index is 12.4. The minimum Gasteiger partial charge on any atom is -0.352 e. The highest BCUT2D eigenvalue weighted by molar-refractivity contribution is 7.94. The molecule has 0 aliphatic heterocycles. The van der Waals surface area contributed by atoms with E-state index in [-0.39, 0.29) is 10.1 Å². The van der Waals surface area contributed by atoms with Crippen molar-refractivity contribution >= 4 is 38.6 Å². The van der Waals surface area contributed by atoms with E-state index < -0.39 is 10.0 Å². The summed E-state index contributed by atoms with van der Waals surface area (Å²) in [6.45, 7) is 0.424. The van der Waals surface area contributed by atoms with Crippen molar-refractivity contribution in [2.24, 2.45) is 0 Å². The van der Waals surface area contributed by atoms with Gasteiger partial charge in [-0.15, -0.1) is 11.3 Å². The number of hydrogen-bond acceptors (Lipinski definition) is 5. The first-order chi connectivity index (χ1) is 14.0. The van der Waals surface area contributed by atoms with E-state index in [4.69, 9.17) is 0 Å². The number of amides is 1. The molecule has 0 aliphatic carbocycles. The van der Waals surface area contributed by atoms with Crippen LogP contribution < -0.4 is 10.0 Å². The number of pyridine rings is 1. The minimum atomic E-state index is -3.65. The molecule has 9 heteroatoms. The van der Waals surface area contributed by atoms with Crippen molar-refractivity contribution in [3.8, 4) is 0 Å². The number of carbonyl (C=O) groups is 1. The van der Waals surface area contributed by atoms with Crippen molar-refractivity contribution in [2.45, 2.75) is 10.6 Å². The molecule has 0 bridgehead atoms. The second-order valence-electron chi connectivity index (χ2n) is 6.32. The Morgan fingerprint density at radius 1 is 1.10 bits per heavy atom. The third-order valence-electron chi connectivity index (χ3n) is 4.22. The van der Waals surface area contributed by atoms with Crippen molar-refractivity contribution in [2.75, 3.05) is 11.3 Å². The van der Waals surface area contributed by atoms with E-state index in [2.05, 4.69) is 15.0 Å². The number of thiophene rings is 1. The summed E-state index contributed by atoms with van der Waals surface area (Å²) in [7, 11) is -3.65. The van der Waals surface area contributed by atoms with Crippen LogP contribution >= 0.6 is 11.3 Å². The first kappa shape index (κ1) is 19.2. The van der Waals surface area contributed by atoms with E-state index in [0.29, 0.717) is 24.2 Å². The van der Waals surface area contributed by atoms with Crippen LogP contribution in [0.4, 0.5) is 5.69 Å². The van der Waals surface area contributed by atoms with Crippen LogP contribution in [-0.2, 0) is 16.4 Å². The zero-order valence-corrected chi connectivity index (χ0v) is 16.9. The molecule has 3 aromatic heterocycles. The maximum Gasteiger partial charge on any atom is 0.271 e. The second-order valence-corrected chi connectivity index (χ2v) is 9.18. The smallest absolute Gasteiger partial charge is 0.271 e. The predicted octanol–water partition coefficient (Wildman–Crippen LogP) is 3.17. The summed E-state index contributed by atoms with van der Waals surface area (Å²) in [6, 6.07) is 15.4. The summed E-state index contributed by atoms with van der Waals surface area (Å²) in [5, 5.41) is 4.54. The monoisotopic (exact) mass is 426 g/mol. The highest BCUT2D eigenvalue weighted by Gasteiger charge is 2.16. The van der Waals surface area contributed by atoms with Crippen molar-refractivity contribution < 1.29 is 13.2 Å². The number of nitrogens with one attached hydrogen (secondary N) is 2. The number of imidazole rings is 1. The van der Waals surface area contributed by atoms with E-state index >= 15 is 0 Å². The van der Waals surface area contributed by atoms with E-state index in [0.717, 1.165) is 22.7 Å². The number of nitrogens with zero attached hydrogens (tertiary/aromatic N) is 2. The Morgan fingerprint density at radius 2 is 2.00 bits per heavy atom. The van der Waals surface area contributed by atoms with E-state index in [1.54, 1.807) is 29.6 Å². The maximum absolute atomic E-state index is 12.4. The molecule has 4 aromatic rings. The van der Waals surface area contributed by atoms with Gasteiger partial charge in [0.25, 0.3) is 15.9 Å². The Labute approximate surface area is 172 Å². The van der Waals surface area contributed by atoms with E-state index in [1.165, 1.54) is 12.1 Å². The number of anilines is 1. The van der Waals surface area contributed by atoms with Gasteiger partial charge in [0, 0.05) is 36.6 Å². The molecule has 3 heterocycles. The predicted molar refractivity (Wildman–Crippen MR) is 113 cm³/mol. The van der Waals surface area contributed by atoms with Gasteiger partial charge in [0.1, 0.15) is 9.86 Å². The molecule has 0 saturated heterocycles. The molecule has 7 nitrogen and oxygen atoms in total. The van der Waals surface area contributed by atoms with Gasteiger partial charge in [0.15, 0.2) is 0 Å². The number of rotatable bonds is 7. The molecular weight excluding hydrogens is 408 g/mol. The fraction of sp³-hybridized carbons (Fsp3) is 0.100. The molecule has 0 saturated carbocycles. The Kier molecular flexibility index (Phi) is 5.32. The van der Waals surface area contributed by atoms with Gasteiger partial charge in [0.05, 0.1) is 5.69 Å². The fourth-order valence-electron chi connectivity index (χ4n) is 2.86. The lowest BCUT2D eigenvalue weighted by Gasteiger charge is -2.09. The van der Waals surface area contributed by atoms with Crippen LogP contribution in [0, 0.1) is 0 Å². The lowest BCUT2D eigenvalue weighted by Crippen LogP contribution is -2.26. The Morgan fingerprint density at radius 3 is 2.79 bits per heavy atom. The zero-order chi connectivity index (χ0) is 20.3. The minimum absolute atomic E-state index is 0.222. The largest absolute Gasteiger partial charge is 0.352 e. The average molecular weight is 427 g/mol. The Balaban J connectivity index is 1.38.